The molecule has 2 aromatic rings. The molecule has 0 fully saturated rings. The summed E-state index contributed by atoms with van der Waals surface area (Å²) in [6, 6.07) is 8.54. The number of rotatable bonds is 3. The molecule has 1 N–H and O–H groups in total. The topological polar surface area (TPSA) is 25.2 Å². The number of hydrogen-bond acceptors (Lipinski definition) is 2. The van der Waals surface area contributed by atoms with E-state index in [2.05, 4.69) is 57.3 Å². The van der Waals surface area contributed by atoms with Gasteiger partial charge in [-0.25, -0.2) is 0 Å². The predicted molar refractivity (Wildman–Crippen MR) is 72.2 cm³/mol. The lowest BCUT2D eigenvalue weighted by molar-refractivity contribution is 0.395. The quantitative estimate of drug-likeness (QED) is 0.867. The highest BCUT2D eigenvalue weighted by atomic mass is 16.3. The minimum Gasteiger partial charge on any atom is -0.460 e. The average molecular weight is 231 g/mol. The normalized spacial score (nSPS) is 12.2. The first kappa shape index (κ1) is 12.2. The Morgan fingerprint density at radius 3 is 2.59 bits per heavy atom. The Kier molecular flexibility index (Phi) is 3.25. The van der Waals surface area contributed by atoms with Gasteiger partial charge in [0.25, 0.3) is 0 Å². The van der Waals surface area contributed by atoms with Crippen LogP contribution in [0.5, 0.6) is 0 Å². The maximum absolute atomic E-state index is 5.80. The Labute approximate surface area is 103 Å². The van der Waals surface area contributed by atoms with Gasteiger partial charge in [0.1, 0.15) is 11.3 Å². The van der Waals surface area contributed by atoms with E-state index in [1.54, 1.807) is 0 Å². The van der Waals surface area contributed by atoms with Gasteiger partial charge in [-0.1, -0.05) is 13.0 Å². The van der Waals surface area contributed by atoms with E-state index in [0.29, 0.717) is 0 Å². The van der Waals surface area contributed by atoms with Crippen LogP contribution < -0.4 is 5.32 Å². The van der Waals surface area contributed by atoms with Crippen molar-refractivity contribution >= 4 is 11.0 Å². The maximum atomic E-state index is 5.80. The van der Waals surface area contributed by atoms with E-state index in [4.69, 9.17) is 4.42 Å². The van der Waals surface area contributed by atoms with Gasteiger partial charge in [-0.3, -0.25) is 0 Å². The standard InChI is InChI=1S/C15H21NO/c1-5-11-6-7-14-12(8-11)9-13(17-14)10-16-15(2,3)4/h6-9,16H,5,10H2,1-4H3. The van der Waals surface area contributed by atoms with Crippen molar-refractivity contribution < 1.29 is 4.42 Å². The van der Waals surface area contributed by atoms with Crippen molar-refractivity contribution in [1.82, 2.24) is 5.32 Å². The van der Waals surface area contributed by atoms with E-state index in [1.165, 1.54) is 10.9 Å². The zero-order valence-electron chi connectivity index (χ0n) is 11.1. The van der Waals surface area contributed by atoms with Crippen LogP contribution in [0.3, 0.4) is 0 Å². The first-order chi connectivity index (χ1) is 7.98. The lowest BCUT2D eigenvalue weighted by Gasteiger charge is -2.19. The molecule has 2 heteroatoms. The molecule has 17 heavy (non-hydrogen) atoms. The Hall–Kier alpha value is -1.28. The molecular formula is C15H21NO. The van der Waals surface area contributed by atoms with E-state index in [0.717, 1.165) is 24.3 Å². The molecule has 2 nitrogen and oxygen atoms in total. The van der Waals surface area contributed by atoms with E-state index in [1.807, 2.05) is 0 Å². The number of furan rings is 1. The van der Waals surface area contributed by atoms with E-state index in [9.17, 15) is 0 Å². The van der Waals surface area contributed by atoms with Crippen LogP contribution in [0.25, 0.3) is 11.0 Å². The Bertz CT molecular complexity index is 505. The van der Waals surface area contributed by atoms with Gasteiger partial charge >= 0.3 is 0 Å². The molecule has 1 heterocycles. The van der Waals surface area contributed by atoms with E-state index < -0.39 is 0 Å². The van der Waals surface area contributed by atoms with Crippen molar-refractivity contribution in [2.45, 2.75) is 46.2 Å². The molecule has 0 radical (unpaired) electrons. The van der Waals surface area contributed by atoms with Crippen LogP contribution in [0.4, 0.5) is 0 Å². The first-order valence-corrected chi connectivity index (χ1v) is 6.24. The van der Waals surface area contributed by atoms with Crippen LogP contribution in [0.15, 0.2) is 28.7 Å². The summed E-state index contributed by atoms with van der Waals surface area (Å²) >= 11 is 0. The average Bonchev–Trinajstić information content (AvgIpc) is 2.66. The van der Waals surface area contributed by atoms with Crippen LogP contribution in [0.2, 0.25) is 0 Å². The zero-order valence-corrected chi connectivity index (χ0v) is 11.1. The SMILES string of the molecule is CCc1ccc2oc(CNC(C)(C)C)cc2c1. The summed E-state index contributed by atoms with van der Waals surface area (Å²) in [5.74, 6) is 1.00. The monoisotopic (exact) mass is 231 g/mol. The van der Waals surface area contributed by atoms with Gasteiger partial charge in [-0.15, -0.1) is 0 Å². The summed E-state index contributed by atoms with van der Waals surface area (Å²) in [5.41, 5.74) is 2.45. The second-order valence-electron chi connectivity index (χ2n) is 5.54. The fourth-order valence-corrected chi connectivity index (χ4v) is 1.81. The van der Waals surface area contributed by atoms with Gasteiger partial charge in [0, 0.05) is 10.9 Å². The van der Waals surface area contributed by atoms with Crippen molar-refractivity contribution in [2.75, 3.05) is 0 Å². The molecule has 0 saturated carbocycles. The van der Waals surface area contributed by atoms with Gasteiger partial charge in [-0.2, -0.15) is 0 Å². The fourth-order valence-electron chi connectivity index (χ4n) is 1.81. The predicted octanol–water partition coefficient (Wildman–Crippen LogP) is 3.88. The summed E-state index contributed by atoms with van der Waals surface area (Å²) < 4.78 is 5.80. The second kappa shape index (κ2) is 4.53. The lowest BCUT2D eigenvalue weighted by atomic mass is 10.1. The summed E-state index contributed by atoms with van der Waals surface area (Å²) in [7, 11) is 0. The highest BCUT2D eigenvalue weighted by Gasteiger charge is 2.10. The smallest absolute Gasteiger partial charge is 0.134 e. The number of nitrogens with one attached hydrogen (secondary N) is 1. The molecule has 0 aliphatic rings. The molecular weight excluding hydrogens is 210 g/mol. The molecule has 0 amide bonds. The van der Waals surface area contributed by atoms with Gasteiger partial charge < -0.3 is 9.73 Å². The first-order valence-electron chi connectivity index (χ1n) is 6.24. The molecule has 1 aromatic carbocycles. The zero-order chi connectivity index (χ0) is 12.5. The molecule has 2 rings (SSSR count). The number of hydrogen-bond donors (Lipinski definition) is 1. The van der Waals surface area contributed by atoms with Crippen LogP contribution in [-0.4, -0.2) is 5.54 Å². The molecule has 92 valence electrons. The number of benzene rings is 1. The van der Waals surface area contributed by atoms with Crippen molar-refractivity contribution in [1.29, 1.82) is 0 Å². The second-order valence-corrected chi connectivity index (χ2v) is 5.54. The molecule has 1 aromatic heterocycles. The molecule has 0 aliphatic carbocycles. The van der Waals surface area contributed by atoms with Crippen LogP contribution in [0, 0.1) is 0 Å². The van der Waals surface area contributed by atoms with Crippen LogP contribution >= 0.6 is 0 Å². The molecule has 0 atom stereocenters. The van der Waals surface area contributed by atoms with Gasteiger partial charge in [0.05, 0.1) is 6.54 Å². The third kappa shape index (κ3) is 3.10. The Morgan fingerprint density at radius 2 is 1.94 bits per heavy atom. The van der Waals surface area contributed by atoms with Crippen molar-refractivity contribution in [3.8, 4) is 0 Å². The molecule has 0 aliphatic heterocycles. The van der Waals surface area contributed by atoms with Crippen molar-refractivity contribution in [3.05, 3.63) is 35.6 Å². The largest absolute Gasteiger partial charge is 0.460 e. The van der Waals surface area contributed by atoms with Gasteiger partial charge in [0.15, 0.2) is 0 Å². The highest BCUT2D eigenvalue weighted by molar-refractivity contribution is 5.78. The minimum atomic E-state index is 0.119. The van der Waals surface area contributed by atoms with Gasteiger partial charge in [-0.05, 0) is 51.0 Å². The Morgan fingerprint density at radius 1 is 1.18 bits per heavy atom. The Balaban J connectivity index is 2.20. The summed E-state index contributed by atoms with van der Waals surface area (Å²) in [6.45, 7) is 9.42. The number of fused-ring (bicyclic) bond motifs is 1. The molecule has 0 bridgehead atoms. The van der Waals surface area contributed by atoms with Crippen molar-refractivity contribution in [3.63, 3.8) is 0 Å². The van der Waals surface area contributed by atoms with E-state index >= 15 is 0 Å². The molecule has 0 unspecified atom stereocenters. The maximum Gasteiger partial charge on any atom is 0.134 e. The third-order valence-electron chi connectivity index (χ3n) is 2.83. The van der Waals surface area contributed by atoms with E-state index in [-0.39, 0.29) is 5.54 Å². The third-order valence-corrected chi connectivity index (χ3v) is 2.83. The number of aryl methyl sites for hydroxylation is 1. The summed E-state index contributed by atoms with van der Waals surface area (Å²) in [4.78, 5) is 0. The van der Waals surface area contributed by atoms with Crippen molar-refractivity contribution in [2.24, 2.45) is 0 Å². The fraction of sp³-hybridized carbons (Fsp3) is 0.467. The summed E-state index contributed by atoms with van der Waals surface area (Å²) in [5, 5.41) is 4.64. The van der Waals surface area contributed by atoms with Crippen LogP contribution in [0.1, 0.15) is 39.0 Å². The van der Waals surface area contributed by atoms with Gasteiger partial charge in [0.2, 0.25) is 0 Å². The van der Waals surface area contributed by atoms with Crippen LogP contribution in [-0.2, 0) is 13.0 Å². The minimum absolute atomic E-state index is 0.119. The summed E-state index contributed by atoms with van der Waals surface area (Å²) in [6.07, 6.45) is 1.07. The molecule has 0 spiro atoms. The highest BCUT2D eigenvalue weighted by Crippen LogP contribution is 2.21. The molecule has 0 saturated heterocycles. The lowest BCUT2D eigenvalue weighted by Crippen LogP contribution is -2.34.